The topological polar surface area (TPSA) is 44.8 Å². The molecule has 1 aromatic carbocycles. The molecule has 0 saturated carbocycles. The minimum atomic E-state index is 0.0310. The fourth-order valence-corrected chi connectivity index (χ4v) is 2.19. The Hall–Kier alpha value is -1.75. The Labute approximate surface area is 107 Å². The number of nitrogens with one attached hydrogen (secondary N) is 1. The maximum atomic E-state index is 12.2. The van der Waals surface area contributed by atoms with E-state index in [2.05, 4.69) is 5.32 Å². The molecule has 0 aromatic heterocycles. The van der Waals surface area contributed by atoms with E-state index in [-0.39, 0.29) is 12.1 Å². The van der Waals surface area contributed by atoms with E-state index in [0.717, 1.165) is 18.0 Å². The van der Waals surface area contributed by atoms with E-state index in [0.29, 0.717) is 6.54 Å². The molecule has 5 heteroatoms. The monoisotopic (exact) mass is 249 g/mol. The number of carbonyl (C=O) groups excluding carboxylic acids is 1. The Morgan fingerprint density at radius 2 is 2.28 bits per heavy atom. The van der Waals surface area contributed by atoms with E-state index in [1.54, 1.807) is 16.9 Å². The number of carbonyl (C=O) groups is 1. The lowest BCUT2D eigenvalue weighted by Crippen LogP contribution is -2.37. The number of amides is 2. The summed E-state index contributed by atoms with van der Waals surface area (Å²) < 4.78 is 5.19. The van der Waals surface area contributed by atoms with Gasteiger partial charge in [-0.2, -0.15) is 0 Å². The van der Waals surface area contributed by atoms with Gasteiger partial charge in [-0.1, -0.05) is 6.07 Å². The number of nitrogens with zero attached hydrogens (tertiary/aromatic N) is 2. The highest BCUT2D eigenvalue weighted by Crippen LogP contribution is 2.26. The number of likely N-dealkylation sites (N-methyl/N-ethyl adjacent to an activating group) is 2. The van der Waals surface area contributed by atoms with Crippen molar-refractivity contribution in [3.63, 3.8) is 0 Å². The third-order valence-electron chi connectivity index (χ3n) is 3.28. The van der Waals surface area contributed by atoms with Crippen LogP contribution in [0.2, 0.25) is 0 Å². The quantitative estimate of drug-likeness (QED) is 0.870. The van der Waals surface area contributed by atoms with Crippen LogP contribution in [0.4, 0.5) is 10.5 Å². The maximum absolute atomic E-state index is 12.2. The zero-order valence-corrected chi connectivity index (χ0v) is 11.0. The van der Waals surface area contributed by atoms with Gasteiger partial charge in [0, 0.05) is 31.9 Å². The van der Waals surface area contributed by atoms with Crippen molar-refractivity contribution in [3.8, 4) is 5.75 Å². The van der Waals surface area contributed by atoms with Crippen LogP contribution in [0, 0.1) is 0 Å². The molecule has 2 rings (SSSR count). The predicted molar refractivity (Wildman–Crippen MR) is 71.2 cm³/mol. The van der Waals surface area contributed by atoms with Gasteiger partial charge in [0.25, 0.3) is 0 Å². The lowest BCUT2D eigenvalue weighted by Gasteiger charge is -2.17. The van der Waals surface area contributed by atoms with Gasteiger partial charge >= 0.3 is 6.03 Å². The first-order valence-corrected chi connectivity index (χ1v) is 6.00. The molecule has 0 radical (unpaired) electrons. The number of benzene rings is 1. The van der Waals surface area contributed by atoms with Gasteiger partial charge in [-0.3, -0.25) is 4.90 Å². The Bertz CT molecular complexity index is 436. The Morgan fingerprint density at radius 1 is 1.50 bits per heavy atom. The second-order valence-electron chi connectivity index (χ2n) is 4.42. The van der Waals surface area contributed by atoms with Crippen LogP contribution in [0.1, 0.15) is 0 Å². The van der Waals surface area contributed by atoms with Gasteiger partial charge in [0.2, 0.25) is 0 Å². The molecule has 2 amide bonds. The summed E-state index contributed by atoms with van der Waals surface area (Å²) in [6.45, 7) is 1.49. The summed E-state index contributed by atoms with van der Waals surface area (Å²) >= 11 is 0. The van der Waals surface area contributed by atoms with E-state index in [4.69, 9.17) is 4.74 Å². The molecule has 1 saturated heterocycles. The summed E-state index contributed by atoms with van der Waals surface area (Å²) in [6.07, 6.45) is 0. The lowest BCUT2D eigenvalue weighted by atomic mass is 10.2. The highest BCUT2D eigenvalue weighted by Gasteiger charge is 2.34. The fraction of sp³-hybridized carbons (Fsp3) is 0.462. The molecule has 5 nitrogen and oxygen atoms in total. The molecule has 0 aliphatic carbocycles. The molecular formula is C13H19N3O2. The van der Waals surface area contributed by atoms with E-state index in [1.165, 1.54) is 0 Å². The molecule has 0 bridgehead atoms. The van der Waals surface area contributed by atoms with Crippen LogP contribution < -0.4 is 15.0 Å². The molecular weight excluding hydrogens is 230 g/mol. The summed E-state index contributed by atoms with van der Waals surface area (Å²) in [5.74, 6) is 0.764. The molecule has 1 aliphatic rings. The van der Waals surface area contributed by atoms with E-state index >= 15 is 0 Å². The van der Waals surface area contributed by atoms with E-state index in [1.807, 2.05) is 38.4 Å². The molecule has 98 valence electrons. The summed E-state index contributed by atoms with van der Waals surface area (Å²) in [7, 11) is 5.36. The average molecular weight is 249 g/mol. The molecule has 1 atom stereocenters. The van der Waals surface area contributed by atoms with Gasteiger partial charge in [-0.05, 0) is 19.2 Å². The van der Waals surface area contributed by atoms with Gasteiger partial charge in [0.15, 0.2) is 0 Å². The van der Waals surface area contributed by atoms with E-state index in [9.17, 15) is 4.79 Å². The third kappa shape index (κ3) is 2.26. The highest BCUT2D eigenvalue weighted by atomic mass is 16.5. The first-order valence-electron chi connectivity index (χ1n) is 6.00. The van der Waals surface area contributed by atoms with Crippen LogP contribution in [0.3, 0.4) is 0 Å². The largest absolute Gasteiger partial charge is 0.497 e. The Balaban J connectivity index is 2.20. The van der Waals surface area contributed by atoms with Crippen molar-refractivity contribution in [2.75, 3.05) is 39.2 Å². The van der Waals surface area contributed by atoms with Crippen molar-refractivity contribution in [3.05, 3.63) is 24.3 Å². The minimum absolute atomic E-state index is 0.0310. The summed E-state index contributed by atoms with van der Waals surface area (Å²) in [5, 5.41) is 3.11. The predicted octanol–water partition coefficient (Wildman–Crippen LogP) is 1.15. The van der Waals surface area contributed by atoms with Crippen molar-refractivity contribution < 1.29 is 9.53 Å². The zero-order chi connectivity index (χ0) is 13.1. The van der Waals surface area contributed by atoms with Gasteiger partial charge in [-0.15, -0.1) is 0 Å². The van der Waals surface area contributed by atoms with Gasteiger partial charge in [0.05, 0.1) is 13.2 Å². The van der Waals surface area contributed by atoms with Crippen molar-refractivity contribution >= 4 is 11.7 Å². The van der Waals surface area contributed by atoms with Crippen LogP contribution in [-0.2, 0) is 0 Å². The van der Waals surface area contributed by atoms with Gasteiger partial charge in [0.1, 0.15) is 5.75 Å². The molecule has 1 fully saturated rings. The standard InChI is InChI=1S/C13H19N3O2/c1-14-8-11-9-16(13(17)15(11)2)10-5-4-6-12(7-10)18-3/h4-7,11,14H,8-9H2,1-3H3. The van der Waals surface area contributed by atoms with E-state index < -0.39 is 0 Å². The smallest absolute Gasteiger partial charge is 0.324 e. The molecule has 1 aromatic rings. The number of rotatable bonds is 4. The van der Waals surface area contributed by atoms with Gasteiger partial charge < -0.3 is 15.0 Å². The van der Waals surface area contributed by atoms with Gasteiger partial charge in [-0.25, -0.2) is 4.79 Å². The minimum Gasteiger partial charge on any atom is -0.497 e. The number of hydrogen-bond acceptors (Lipinski definition) is 3. The second kappa shape index (κ2) is 5.27. The Kier molecular flexibility index (Phi) is 3.72. The van der Waals surface area contributed by atoms with Crippen LogP contribution in [0.15, 0.2) is 24.3 Å². The average Bonchev–Trinajstić information content (AvgIpc) is 2.68. The number of anilines is 1. The normalized spacial score (nSPS) is 19.5. The van der Waals surface area contributed by atoms with Crippen molar-refractivity contribution in [2.24, 2.45) is 0 Å². The number of urea groups is 1. The van der Waals surface area contributed by atoms with Crippen molar-refractivity contribution in [1.29, 1.82) is 0 Å². The SMILES string of the molecule is CNCC1CN(c2cccc(OC)c2)C(=O)N1C. The molecule has 1 heterocycles. The van der Waals surface area contributed by atoms with Crippen LogP contribution in [-0.4, -0.2) is 51.3 Å². The summed E-state index contributed by atoms with van der Waals surface area (Å²) in [4.78, 5) is 15.7. The Morgan fingerprint density at radius 3 is 2.94 bits per heavy atom. The molecule has 18 heavy (non-hydrogen) atoms. The highest BCUT2D eigenvalue weighted by molar-refractivity contribution is 5.94. The number of ether oxygens (including phenoxy) is 1. The van der Waals surface area contributed by atoms with Crippen LogP contribution >= 0.6 is 0 Å². The summed E-state index contributed by atoms with van der Waals surface area (Å²) in [6, 6.07) is 7.81. The van der Waals surface area contributed by atoms with Crippen molar-refractivity contribution in [2.45, 2.75) is 6.04 Å². The maximum Gasteiger partial charge on any atom is 0.324 e. The first-order chi connectivity index (χ1) is 8.67. The van der Waals surface area contributed by atoms with Crippen LogP contribution in [0.25, 0.3) is 0 Å². The third-order valence-corrected chi connectivity index (χ3v) is 3.28. The molecule has 1 unspecified atom stereocenters. The first kappa shape index (κ1) is 12.7. The van der Waals surface area contributed by atoms with Crippen LogP contribution in [0.5, 0.6) is 5.75 Å². The fourth-order valence-electron chi connectivity index (χ4n) is 2.19. The summed E-state index contributed by atoms with van der Waals surface area (Å²) in [5.41, 5.74) is 0.879. The van der Waals surface area contributed by atoms with Crippen molar-refractivity contribution in [1.82, 2.24) is 10.2 Å². The molecule has 1 N–H and O–H groups in total. The number of methoxy groups -OCH3 is 1. The lowest BCUT2D eigenvalue weighted by molar-refractivity contribution is 0.218. The number of hydrogen-bond donors (Lipinski definition) is 1. The molecule has 0 spiro atoms. The second-order valence-corrected chi connectivity index (χ2v) is 4.42. The molecule has 1 aliphatic heterocycles. The zero-order valence-electron chi connectivity index (χ0n) is 11.0.